The summed E-state index contributed by atoms with van der Waals surface area (Å²) in [5, 5.41) is 13.2. The van der Waals surface area contributed by atoms with E-state index in [0.29, 0.717) is 29.1 Å². The van der Waals surface area contributed by atoms with Gasteiger partial charge >= 0.3 is 5.97 Å². The zero-order chi connectivity index (χ0) is 24.1. The van der Waals surface area contributed by atoms with Crippen LogP contribution in [0.1, 0.15) is 19.4 Å². The van der Waals surface area contributed by atoms with Gasteiger partial charge in [0.05, 0.1) is 29.9 Å². The summed E-state index contributed by atoms with van der Waals surface area (Å²) in [5.74, 6) is -0.601. The van der Waals surface area contributed by atoms with Gasteiger partial charge in [-0.3, -0.25) is 9.69 Å². The summed E-state index contributed by atoms with van der Waals surface area (Å²) in [6, 6.07) is 7.28. The second kappa shape index (κ2) is 10.7. The van der Waals surface area contributed by atoms with Crippen molar-refractivity contribution in [2.45, 2.75) is 32.5 Å². The monoisotopic (exact) mass is 476 g/mol. The molecule has 0 aliphatic rings. The summed E-state index contributed by atoms with van der Waals surface area (Å²) < 4.78 is 25.3. The van der Waals surface area contributed by atoms with E-state index < -0.39 is 17.8 Å². The largest absolute Gasteiger partial charge is 0.496 e. The van der Waals surface area contributed by atoms with Crippen LogP contribution in [0, 0.1) is 5.82 Å². The first-order chi connectivity index (χ1) is 15.8. The fourth-order valence-electron chi connectivity index (χ4n) is 3.62. The van der Waals surface area contributed by atoms with Crippen LogP contribution in [0.25, 0.3) is 10.9 Å². The Balaban J connectivity index is 2.06. The molecule has 0 amide bonds. The first kappa shape index (κ1) is 24.6. The van der Waals surface area contributed by atoms with Crippen molar-refractivity contribution in [1.82, 2.24) is 14.9 Å². The van der Waals surface area contributed by atoms with Crippen LogP contribution < -0.4 is 10.1 Å². The summed E-state index contributed by atoms with van der Waals surface area (Å²) in [6.45, 7) is 4.16. The van der Waals surface area contributed by atoms with E-state index in [-0.39, 0.29) is 23.3 Å². The first-order valence-electron chi connectivity index (χ1n) is 10.3. The number of rotatable bonds is 10. The number of halogens is 2. The Bertz CT molecular complexity index is 1150. The van der Waals surface area contributed by atoms with Gasteiger partial charge in [0.1, 0.15) is 23.9 Å². The van der Waals surface area contributed by atoms with Gasteiger partial charge in [-0.25, -0.2) is 14.4 Å². The maximum Gasteiger partial charge on any atom is 0.320 e. The number of aromatic nitrogens is 2. The third-order valence-corrected chi connectivity index (χ3v) is 5.72. The fourth-order valence-corrected chi connectivity index (χ4v) is 3.79. The Morgan fingerprint density at radius 3 is 2.70 bits per heavy atom. The smallest absolute Gasteiger partial charge is 0.320 e. The standard InChI is InChI=1S/C23H26ClFN4O4/c1-13(11-32-3)29(14(2)23(30)31)10-15-8-16-19(9-20(15)33-4)26-12-27-22(16)28-18-7-5-6-17(24)21(18)25/h5-9,12-14H,10-11H2,1-4H3,(H,30,31)(H,26,27,28)/t13-,14-/m0/s1. The molecule has 0 saturated carbocycles. The van der Waals surface area contributed by atoms with Crippen molar-refractivity contribution in [1.29, 1.82) is 0 Å². The molecule has 0 spiro atoms. The number of nitrogens with one attached hydrogen (secondary N) is 1. The van der Waals surface area contributed by atoms with Gasteiger partial charge in [0.2, 0.25) is 0 Å². The molecular weight excluding hydrogens is 451 g/mol. The Labute approximate surface area is 196 Å². The number of ether oxygens (including phenoxy) is 2. The van der Waals surface area contributed by atoms with Gasteiger partial charge in [0.25, 0.3) is 0 Å². The number of fused-ring (bicyclic) bond motifs is 1. The van der Waals surface area contributed by atoms with E-state index >= 15 is 0 Å². The zero-order valence-corrected chi connectivity index (χ0v) is 19.6. The highest BCUT2D eigenvalue weighted by molar-refractivity contribution is 6.31. The number of carboxylic acids is 1. The predicted octanol–water partition coefficient (Wildman–Crippen LogP) is 4.48. The predicted molar refractivity (Wildman–Crippen MR) is 125 cm³/mol. The molecule has 0 saturated heterocycles. The molecule has 0 unspecified atom stereocenters. The molecule has 176 valence electrons. The average Bonchev–Trinajstić information content (AvgIpc) is 2.79. The lowest BCUT2D eigenvalue weighted by molar-refractivity contribution is -0.144. The quantitative estimate of drug-likeness (QED) is 0.442. The molecule has 0 aliphatic carbocycles. The van der Waals surface area contributed by atoms with Crippen molar-refractivity contribution >= 4 is 40.0 Å². The summed E-state index contributed by atoms with van der Waals surface area (Å²) >= 11 is 5.90. The molecule has 2 atom stereocenters. The molecule has 1 heterocycles. The Morgan fingerprint density at radius 1 is 1.27 bits per heavy atom. The van der Waals surface area contributed by atoms with Crippen LogP contribution in [0.15, 0.2) is 36.7 Å². The lowest BCUT2D eigenvalue weighted by atomic mass is 10.1. The highest BCUT2D eigenvalue weighted by Gasteiger charge is 2.27. The number of nitrogens with zero attached hydrogens (tertiary/aromatic N) is 3. The summed E-state index contributed by atoms with van der Waals surface area (Å²) in [7, 11) is 3.11. The second-order valence-corrected chi connectivity index (χ2v) is 8.03. The van der Waals surface area contributed by atoms with E-state index in [0.717, 1.165) is 5.56 Å². The number of carbonyl (C=O) groups is 1. The van der Waals surface area contributed by atoms with Crippen LogP contribution in [0.4, 0.5) is 15.9 Å². The molecule has 0 bridgehead atoms. The minimum absolute atomic E-state index is 0.00819. The van der Waals surface area contributed by atoms with Gasteiger partial charge in [0.15, 0.2) is 5.82 Å². The van der Waals surface area contributed by atoms with Crippen molar-refractivity contribution in [2.75, 3.05) is 26.1 Å². The van der Waals surface area contributed by atoms with Gasteiger partial charge in [-0.2, -0.15) is 0 Å². The molecule has 1 aromatic heterocycles. The molecule has 2 aromatic carbocycles. The third kappa shape index (κ3) is 5.50. The Morgan fingerprint density at radius 2 is 2.03 bits per heavy atom. The molecule has 3 aromatic rings. The van der Waals surface area contributed by atoms with Gasteiger partial charge in [-0.1, -0.05) is 17.7 Å². The van der Waals surface area contributed by atoms with Crippen molar-refractivity contribution < 1.29 is 23.8 Å². The first-order valence-corrected chi connectivity index (χ1v) is 10.6. The zero-order valence-electron chi connectivity index (χ0n) is 18.8. The van der Waals surface area contributed by atoms with Crippen LogP contribution >= 0.6 is 11.6 Å². The number of hydrogen-bond donors (Lipinski definition) is 2. The molecule has 33 heavy (non-hydrogen) atoms. The van der Waals surface area contributed by atoms with Crippen LogP contribution in [-0.4, -0.2) is 58.9 Å². The number of methoxy groups -OCH3 is 2. The average molecular weight is 477 g/mol. The van der Waals surface area contributed by atoms with E-state index in [9.17, 15) is 14.3 Å². The van der Waals surface area contributed by atoms with Gasteiger partial charge < -0.3 is 19.9 Å². The van der Waals surface area contributed by atoms with Crippen molar-refractivity contribution in [3.05, 3.63) is 53.1 Å². The second-order valence-electron chi connectivity index (χ2n) is 7.62. The van der Waals surface area contributed by atoms with Crippen LogP contribution in [0.2, 0.25) is 5.02 Å². The molecule has 10 heteroatoms. The highest BCUT2D eigenvalue weighted by atomic mass is 35.5. The molecule has 8 nitrogen and oxygen atoms in total. The number of anilines is 2. The number of aliphatic carboxylic acids is 1. The molecule has 0 aliphatic heterocycles. The minimum Gasteiger partial charge on any atom is -0.496 e. The molecule has 0 radical (unpaired) electrons. The fraction of sp³-hybridized carbons (Fsp3) is 0.348. The third-order valence-electron chi connectivity index (χ3n) is 5.42. The lowest BCUT2D eigenvalue weighted by Crippen LogP contribution is -2.45. The Kier molecular flexibility index (Phi) is 8.01. The van der Waals surface area contributed by atoms with E-state index in [2.05, 4.69) is 15.3 Å². The van der Waals surface area contributed by atoms with E-state index in [1.165, 1.54) is 19.5 Å². The van der Waals surface area contributed by atoms with Gasteiger partial charge in [-0.05, 0) is 32.0 Å². The van der Waals surface area contributed by atoms with E-state index in [1.54, 1.807) is 32.2 Å². The summed E-state index contributed by atoms with van der Waals surface area (Å²) in [6.07, 6.45) is 1.37. The summed E-state index contributed by atoms with van der Waals surface area (Å²) in [5.41, 5.74) is 1.48. The van der Waals surface area contributed by atoms with Crippen molar-refractivity contribution in [2.24, 2.45) is 0 Å². The topological polar surface area (TPSA) is 96.8 Å². The number of benzene rings is 2. The van der Waals surface area contributed by atoms with Gasteiger partial charge in [0, 0.05) is 36.7 Å². The van der Waals surface area contributed by atoms with E-state index in [4.69, 9.17) is 21.1 Å². The highest BCUT2D eigenvalue weighted by Crippen LogP contribution is 2.32. The Hall–Kier alpha value is -3.01. The minimum atomic E-state index is -0.945. The summed E-state index contributed by atoms with van der Waals surface area (Å²) in [4.78, 5) is 22.1. The van der Waals surface area contributed by atoms with Gasteiger partial charge in [-0.15, -0.1) is 0 Å². The van der Waals surface area contributed by atoms with Crippen LogP contribution in [-0.2, 0) is 16.1 Å². The van der Waals surface area contributed by atoms with E-state index in [1.807, 2.05) is 17.9 Å². The maximum atomic E-state index is 14.5. The SMILES string of the molecule is COC[C@H](C)N(Cc1cc2c(Nc3cccc(Cl)c3F)ncnc2cc1OC)[C@@H](C)C(=O)O. The molecular formula is C23H26ClFN4O4. The van der Waals surface area contributed by atoms with Crippen molar-refractivity contribution in [3.63, 3.8) is 0 Å². The molecule has 3 rings (SSSR count). The maximum absolute atomic E-state index is 14.5. The van der Waals surface area contributed by atoms with Crippen molar-refractivity contribution in [3.8, 4) is 5.75 Å². The lowest BCUT2D eigenvalue weighted by Gasteiger charge is -2.32. The van der Waals surface area contributed by atoms with Crippen LogP contribution in [0.5, 0.6) is 5.75 Å². The van der Waals surface area contributed by atoms with Crippen LogP contribution in [0.3, 0.4) is 0 Å². The molecule has 2 N–H and O–H groups in total. The number of carboxylic acid groups (broad SMARTS) is 1. The number of hydrogen-bond acceptors (Lipinski definition) is 7. The normalized spacial score (nSPS) is 13.2. The molecule has 0 fully saturated rings.